The quantitative estimate of drug-likeness (QED) is 0.450. The SMILES string of the molecule is CCCC(C)NC(=O)C(c1ccc(CC)cc1)N(C(=O)C(CO)NC(=O)OC(C)(C)C)C(C)C. The molecule has 0 aliphatic heterocycles. The van der Waals surface area contributed by atoms with Crippen LogP contribution in [0.25, 0.3) is 0 Å². The van der Waals surface area contributed by atoms with Gasteiger partial charge in [-0.05, 0) is 65.5 Å². The van der Waals surface area contributed by atoms with Crippen LogP contribution in [-0.2, 0) is 20.7 Å². The number of carbonyl (C=O) groups excluding carboxylic acids is 3. The topological polar surface area (TPSA) is 108 Å². The number of rotatable bonds is 11. The van der Waals surface area contributed by atoms with Crippen LogP contribution in [0.3, 0.4) is 0 Å². The minimum atomic E-state index is -1.25. The van der Waals surface area contributed by atoms with E-state index in [1.807, 2.05) is 45.0 Å². The molecule has 3 amide bonds. The van der Waals surface area contributed by atoms with Crippen molar-refractivity contribution in [2.24, 2.45) is 0 Å². The molecule has 192 valence electrons. The number of amides is 3. The molecule has 3 unspecified atom stereocenters. The summed E-state index contributed by atoms with van der Waals surface area (Å²) in [6, 6.07) is 4.96. The number of aliphatic hydroxyl groups excluding tert-OH is 1. The van der Waals surface area contributed by atoms with Crippen molar-refractivity contribution in [2.75, 3.05) is 6.61 Å². The summed E-state index contributed by atoms with van der Waals surface area (Å²) in [5.41, 5.74) is 1.02. The van der Waals surface area contributed by atoms with Crippen LogP contribution in [0.2, 0.25) is 0 Å². The summed E-state index contributed by atoms with van der Waals surface area (Å²) in [6.07, 6.45) is 1.76. The van der Waals surface area contributed by atoms with Crippen LogP contribution >= 0.6 is 0 Å². The summed E-state index contributed by atoms with van der Waals surface area (Å²) in [5.74, 6) is -0.868. The Balaban J connectivity index is 3.36. The molecule has 0 fully saturated rings. The molecule has 0 aliphatic rings. The van der Waals surface area contributed by atoms with Gasteiger partial charge in [-0.1, -0.05) is 44.5 Å². The number of alkyl carbamates (subject to hydrolysis) is 1. The number of carbonyl (C=O) groups is 3. The minimum absolute atomic E-state index is 0.0624. The molecule has 1 aromatic rings. The highest BCUT2D eigenvalue weighted by molar-refractivity contribution is 5.92. The molecule has 0 saturated heterocycles. The van der Waals surface area contributed by atoms with Gasteiger partial charge >= 0.3 is 6.09 Å². The van der Waals surface area contributed by atoms with Gasteiger partial charge in [-0.3, -0.25) is 9.59 Å². The molecule has 0 spiro atoms. The smallest absolute Gasteiger partial charge is 0.408 e. The zero-order valence-electron chi connectivity index (χ0n) is 22.0. The Bertz CT molecular complexity index is 802. The lowest BCUT2D eigenvalue weighted by atomic mass is 9.99. The van der Waals surface area contributed by atoms with E-state index in [1.165, 1.54) is 4.90 Å². The second kappa shape index (κ2) is 13.3. The largest absolute Gasteiger partial charge is 0.444 e. The average molecular weight is 478 g/mol. The summed E-state index contributed by atoms with van der Waals surface area (Å²) in [4.78, 5) is 40.8. The summed E-state index contributed by atoms with van der Waals surface area (Å²) in [7, 11) is 0. The molecular formula is C26H43N3O5. The number of ether oxygens (including phenoxy) is 1. The van der Waals surface area contributed by atoms with E-state index in [1.54, 1.807) is 34.6 Å². The molecule has 0 heterocycles. The molecule has 8 nitrogen and oxygen atoms in total. The predicted octanol–water partition coefficient (Wildman–Crippen LogP) is 3.72. The monoisotopic (exact) mass is 477 g/mol. The second-order valence-corrected chi connectivity index (χ2v) is 9.92. The van der Waals surface area contributed by atoms with E-state index >= 15 is 0 Å². The number of benzene rings is 1. The lowest BCUT2D eigenvalue weighted by Gasteiger charge is -2.37. The zero-order chi connectivity index (χ0) is 26.1. The first-order chi connectivity index (χ1) is 15.8. The Morgan fingerprint density at radius 3 is 2.06 bits per heavy atom. The Morgan fingerprint density at radius 1 is 1.03 bits per heavy atom. The third kappa shape index (κ3) is 8.97. The number of aliphatic hydroxyl groups is 1. The van der Waals surface area contributed by atoms with Crippen molar-refractivity contribution >= 4 is 17.9 Å². The number of hydrogen-bond donors (Lipinski definition) is 3. The summed E-state index contributed by atoms with van der Waals surface area (Å²) in [6.45, 7) is 14.1. The van der Waals surface area contributed by atoms with Gasteiger partial charge in [0.05, 0.1) is 6.61 Å². The van der Waals surface area contributed by atoms with Crippen LogP contribution in [-0.4, -0.2) is 58.2 Å². The fourth-order valence-electron chi connectivity index (χ4n) is 3.70. The van der Waals surface area contributed by atoms with Gasteiger partial charge in [0.2, 0.25) is 11.8 Å². The molecule has 8 heteroatoms. The van der Waals surface area contributed by atoms with Crippen LogP contribution in [0.4, 0.5) is 4.79 Å². The first-order valence-corrected chi connectivity index (χ1v) is 12.2. The van der Waals surface area contributed by atoms with Crippen LogP contribution in [0, 0.1) is 0 Å². The van der Waals surface area contributed by atoms with E-state index in [-0.39, 0.29) is 18.0 Å². The normalized spacial score (nSPS) is 14.2. The standard InChI is InChI=1S/C26H43N3O5/c1-9-11-18(5)27-23(31)22(20-14-12-19(10-2)13-15-20)29(17(3)4)24(32)21(16-30)28-25(33)34-26(6,7)8/h12-15,17-18,21-22,30H,9-11,16H2,1-8H3,(H,27,31)(H,28,33). The molecule has 0 bridgehead atoms. The van der Waals surface area contributed by atoms with Crippen molar-refractivity contribution in [3.8, 4) is 0 Å². The molecule has 3 atom stereocenters. The van der Waals surface area contributed by atoms with E-state index < -0.39 is 36.3 Å². The molecule has 0 aliphatic carbocycles. The molecule has 0 aromatic heterocycles. The second-order valence-electron chi connectivity index (χ2n) is 9.92. The molecule has 1 rings (SSSR count). The first-order valence-electron chi connectivity index (χ1n) is 12.2. The van der Waals surface area contributed by atoms with Gasteiger partial charge in [0.15, 0.2) is 0 Å². The number of aryl methyl sites for hydroxylation is 1. The third-order valence-corrected chi connectivity index (χ3v) is 5.32. The predicted molar refractivity (Wildman–Crippen MR) is 133 cm³/mol. The minimum Gasteiger partial charge on any atom is -0.444 e. The average Bonchev–Trinajstić information content (AvgIpc) is 2.73. The Hall–Kier alpha value is -2.61. The van der Waals surface area contributed by atoms with Crippen molar-refractivity contribution in [2.45, 2.75) is 104 Å². The Morgan fingerprint density at radius 2 is 1.62 bits per heavy atom. The highest BCUT2D eigenvalue weighted by Crippen LogP contribution is 2.26. The van der Waals surface area contributed by atoms with E-state index in [4.69, 9.17) is 4.74 Å². The van der Waals surface area contributed by atoms with E-state index in [2.05, 4.69) is 10.6 Å². The highest BCUT2D eigenvalue weighted by Gasteiger charge is 2.37. The highest BCUT2D eigenvalue weighted by atomic mass is 16.6. The van der Waals surface area contributed by atoms with E-state index in [9.17, 15) is 19.5 Å². The third-order valence-electron chi connectivity index (χ3n) is 5.32. The van der Waals surface area contributed by atoms with Crippen molar-refractivity contribution in [1.29, 1.82) is 0 Å². The van der Waals surface area contributed by atoms with Crippen LogP contribution in [0.1, 0.15) is 85.4 Å². The fourth-order valence-corrected chi connectivity index (χ4v) is 3.70. The fraction of sp³-hybridized carbons (Fsp3) is 0.654. The van der Waals surface area contributed by atoms with Gasteiger partial charge in [0, 0.05) is 12.1 Å². The van der Waals surface area contributed by atoms with Crippen molar-refractivity contribution in [1.82, 2.24) is 15.5 Å². The van der Waals surface area contributed by atoms with Gasteiger partial charge in [-0.2, -0.15) is 0 Å². The zero-order valence-corrected chi connectivity index (χ0v) is 22.0. The Kier molecular flexibility index (Phi) is 11.5. The van der Waals surface area contributed by atoms with Gasteiger partial charge in [-0.25, -0.2) is 4.79 Å². The lowest BCUT2D eigenvalue weighted by Crippen LogP contribution is -2.56. The molecule has 1 aromatic carbocycles. The van der Waals surface area contributed by atoms with E-state index in [0.717, 1.165) is 24.8 Å². The Labute approximate surface area is 204 Å². The van der Waals surface area contributed by atoms with Crippen LogP contribution in [0.5, 0.6) is 0 Å². The van der Waals surface area contributed by atoms with Gasteiger partial charge in [-0.15, -0.1) is 0 Å². The molecule has 34 heavy (non-hydrogen) atoms. The molecular weight excluding hydrogens is 434 g/mol. The summed E-state index contributed by atoms with van der Waals surface area (Å²) < 4.78 is 5.25. The maximum Gasteiger partial charge on any atom is 0.408 e. The van der Waals surface area contributed by atoms with Crippen molar-refractivity contribution in [3.05, 3.63) is 35.4 Å². The van der Waals surface area contributed by atoms with Crippen LogP contribution < -0.4 is 10.6 Å². The molecule has 3 N–H and O–H groups in total. The van der Waals surface area contributed by atoms with Crippen LogP contribution in [0.15, 0.2) is 24.3 Å². The molecule has 0 saturated carbocycles. The van der Waals surface area contributed by atoms with Gasteiger partial charge in [0.25, 0.3) is 0 Å². The lowest BCUT2D eigenvalue weighted by molar-refractivity contribution is -0.145. The number of nitrogens with one attached hydrogen (secondary N) is 2. The van der Waals surface area contributed by atoms with E-state index in [0.29, 0.717) is 5.56 Å². The maximum absolute atomic E-state index is 13.6. The van der Waals surface area contributed by atoms with Gasteiger partial charge in [0.1, 0.15) is 17.7 Å². The maximum atomic E-state index is 13.6. The first kappa shape index (κ1) is 29.4. The summed E-state index contributed by atoms with van der Waals surface area (Å²) >= 11 is 0. The van der Waals surface area contributed by atoms with Crippen molar-refractivity contribution in [3.63, 3.8) is 0 Å². The molecule has 0 radical (unpaired) electrons. The number of hydrogen-bond acceptors (Lipinski definition) is 5. The van der Waals surface area contributed by atoms with Crippen molar-refractivity contribution < 1.29 is 24.2 Å². The summed E-state index contributed by atoms with van der Waals surface area (Å²) in [5, 5.41) is 15.4. The number of nitrogens with zero attached hydrogens (tertiary/aromatic N) is 1. The van der Waals surface area contributed by atoms with Gasteiger partial charge < -0.3 is 25.4 Å².